The van der Waals surface area contributed by atoms with Crippen molar-refractivity contribution in [1.29, 1.82) is 0 Å². The van der Waals surface area contributed by atoms with Crippen LogP contribution >= 0.6 is 0 Å². The van der Waals surface area contributed by atoms with Crippen LogP contribution in [0.25, 0.3) is 0 Å². The summed E-state index contributed by atoms with van der Waals surface area (Å²) in [6, 6.07) is 6.27. The zero-order valence-corrected chi connectivity index (χ0v) is 12.3. The van der Waals surface area contributed by atoms with Crippen molar-refractivity contribution in [3.8, 4) is 0 Å². The predicted molar refractivity (Wildman–Crippen MR) is 81.2 cm³/mol. The van der Waals surface area contributed by atoms with E-state index in [1.807, 2.05) is 0 Å². The van der Waals surface area contributed by atoms with Gasteiger partial charge in [0.2, 0.25) is 15.9 Å². The van der Waals surface area contributed by atoms with Crippen molar-refractivity contribution in [3.63, 3.8) is 0 Å². The predicted octanol–water partition coefficient (Wildman–Crippen LogP) is 1.16. The summed E-state index contributed by atoms with van der Waals surface area (Å²) in [4.78, 5) is 11.7. The lowest BCUT2D eigenvalue weighted by Gasteiger charge is -2.15. The molecule has 0 aromatic heterocycles. The van der Waals surface area contributed by atoms with Gasteiger partial charge in [-0.2, -0.15) is 0 Å². The SMILES string of the molecule is C=CCNC(=O)C(C)Nc1cccc(NS(C)(=O)=O)c1. The fourth-order valence-corrected chi connectivity index (χ4v) is 2.08. The van der Waals surface area contributed by atoms with E-state index in [4.69, 9.17) is 0 Å². The molecule has 1 rings (SSSR count). The van der Waals surface area contributed by atoms with Crippen molar-refractivity contribution >= 4 is 27.3 Å². The van der Waals surface area contributed by atoms with Crippen LogP contribution in [0.1, 0.15) is 6.92 Å². The van der Waals surface area contributed by atoms with Crippen molar-refractivity contribution in [2.24, 2.45) is 0 Å². The molecule has 1 aromatic carbocycles. The maximum atomic E-state index is 11.7. The van der Waals surface area contributed by atoms with Crippen LogP contribution in [-0.2, 0) is 14.8 Å². The Kier molecular flexibility index (Phi) is 5.57. The van der Waals surface area contributed by atoms with E-state index in [2.05, 4.69) is 21.9 Å². The topological polar surface area (TPSA) is 87.3 Å². The third-order valence-corrected chi connectivity index (χ3v) is 2.97. The third kappa shape index (κ3) is 5.75. The molecule has 110 valence electrons. The number of amides is 1. The lowest BCUT2D eigenvalue weighted by atomic mass is 10.2. The number of hydrogen-bond donors (Lipinski definition) is 3. The van der Waals surface area contributed by atoms with E-state index >= 15 is 0 Å². The molecule has 1 unspecified atom stereocenters. The number of rotatable bonds is 7. The van der Waals surface area contributed by atoms with Crippen molar-refractivity contribution in [1.82, 2.24) is 5.32 Å². The maximum Gasteiger partial charge on any atom is 0.242 e. The average molecular weight is 297 g/mol. The Morgan fingerprint density at radius 2 is 2.05 bits per heavy atom. The molecule has 0 spiro atoms. The van der Waals surface area contributed by atoms with Crippen LogP contribution in [0.2, 0.25) is 0 Å². The molecular formula is C13H19N3O3S. The number of carbonyl (C=O) groups excluding carboxylic acids is 1. The van der Waals surface area contributed by atoms with Gasteiger partial charge in [-0.15, -0.1) is 6.58 Å². The van der Waals surface area contributed by atoms with Gasteiger partial charge in [0.05, 0.1) is 11.9 Å². The fourth-order valence-electron chi connectivity index (χ4n) is 1.53. The van der Waals surface area contributed by atoms with E-state index in [9.17, 15) is 13.2 Å². The summed E-state index contributed by atoms with van der Waals surface area (Å²) in [5.41, 5.74) is 1.09. The second-order valence-electron chi connectivity index (χ2n) is 4.35. The molecule has 0 aliphatic heterocycles. The molecule has 1 amide bonds. The van der Waals surface area contributed by atoms with E-state index in [1.54, 1.807) is 37.3 Å². The van der Waals surface area contributed by atoms with Gasteiger partial charge < -0.3 is 10.6 Å². The Hall–Kier alpha value is -2.02. The molecule has 0 radical (unpaired) electrons. The molecule has 20 heavy (non-hydrogen) atoms. The standard InChI is InChI=1S/C13H19N3O3S/c1-4-8-14-13(17)10(2)15-11-6-5-7-12(9-11)16-20(3,18)19/h4-7,9-10,15-16H,1,8H2,2-3H3,(H,14,17). The zero-order valence-electron chi connectivity index (χ0n) is 11.5. The van der Waals surface area contributed by atoms with Gasteiger partial charge in [-0.3, -0.25) is 9.52 Å². The fraction of sp³-hybridized carbons (Fsp3) is 0.308. The minimum absolute atomic E-state index is 0.161. The first kappa shape index (κ1) is 16.0. The summed E-state index contributed by atoms with van der Waals surface area (Å²) < 4.78 is 24.7. The zero-order chi connectivity index (χ0) is 15.2. The van der Waals surface area contributed by atoms with Crippen LogP contribution in [0.3, 0.4) is 0 Å². The van der Waals surface area contributed by atoms with Gasteiger partial charge in [-0.05, 0) is 25.1 Å². The molecule has 0 saturated carbocycles. The highest BCUT2D eigenvalue weighted by Crippen LogP contribution is 2.16. The van der Waals surface area contributed by atoms with E-state index in [0.29, 0.717) is 17.9 Å². The number of carbonyl (C=O) groups is 1. The largest absolute Gasteiger partial charge is 0.374 e. The molecule has 7 heteroatoms. The van der Waals surface area contributed by atoms with Crippen LogP contribution in [0.5, 0.6) is 0 Å². The summed E-state index contributed by atoms with van der Waals surface area (Å²) >= 11 is 0. The van der Waals surface area contributed by atoms with Gasteiger partial charge >= 0.3 is 0 Å². The van der Waals surface area contributed by atoms with Crippen LogP contribution in [0.4, 0.5) is 11.4 Å². The summed E-state index contributed by atoms with van der Waals surface area (Å²) in [6.07, 6.45) is 2.68. The second kappa shape index (κ2) is 6.95. The highest BCUT2D eigenvalue weighted by molar-refractivity contribution is 7.92. The molecule has 0 bridgehead atoms. The highest BCUT2D eigenvalue weighted by Gasteiger charge is 2.11. The lowest BCUT2D eigenvalue weighted by molar-refractivity contribution is -0.121. The normalized spacial score (nSPS) is 12.3. The monoisotopic (exact) mass is 297 g/mol. The van der Waals surface area contributed by atoms with Gasteiger partial charge in [-0.1, -0.05) is 12.1 Å². The van der Waals surface area contributed by atoms with Crippen LogP contribution in [-0.4, -0.2) is 33.2 Å². The molecule has 6 nitrogen and oxygen atoms in total. The Labute approximate surface area is 119 Å². The molecule has 3 N–H and O–H groups in total. The molecule has 0 heterocycles. The number of benzene rings is 1. The average Bonchev–Trinajstić information content (AvgIpc) is 2.34. The summed E-state index contributed by atoms with van der Waals surface area (Å²) in [7, 11) is -3.32. The van der Waals surface area contributed by atoms with Crippen LogP contribution < -0.4 is 15.4 Å². The van der Waals surface area contributed by atoms with E-state index in [-0.39, 0.29) is 5.91 Å². The van der Waals surface area contributed by atoms with Crippen molar-refractivity contribution in [3.05, 3.63) is 36.9 Å². The van der Waals surface area contributed by atoms with E-state index in [0.717, 1.165) is 6.26 Å². The highest BCUT2D eigenvalue weighted by atomic mass is 32.2. The Morgan fingerprint density at radius 3 is 2.65 bits per heavy atom. The van der Waals surface area contributed by atoms with Crippen molar-refractivity contribution in [2.75, 3.05) is 22.8 Å². The van der Waals surface area contributed by atoms with Crippen molar-refractivity contribution < 1.29 is 13.2 Å². The minimum atomic E-state index is -3.32. The minimum Gasteiger partial charge on any atom is -0.374 e. The van der Waals surface area contributed by atoms with Crippen LogP contribution in [0.15, 0.2) is 36.9 Å². The quantitative estimate of drug-likeness (QED) is 0.659. The van der Waals surface area contributed by atoms with Gasteiger partial charge in [-0.25, -0.2) is 8.42 Å². The van der Waals surface area contributed by atoms with Gasteiger partial charge in [0.25, 0.3) is 0 Å². The molecule has 0 aliphatic rings. The van der Waals surface area contributed by atoms with Crippen LogP contribution in [0, 0.1) is 0 Å². The number of hydrogen-bond acceptors (Lipinski definition) is 4. The maximum absolute atomic E-state index is 11.7. The first-order chi connectivity index (χ1) is 9.31. The molecule has 0 saturated heterocycles. The number of nitrogens with one attached hydrogen (secondary N) is 3. The summed E-state index contributed by atoms with van der Waals surface area (Å²) in [5.74, 6) is -0.161. The summed E-state index contributed by atoms with van der Waals surface area (Å²) in [5, 5.41) is 5.67. The number of anilines is 2. The molecule has 1 atom stereocenters. The molecule has 0 fully saturated rings. The molecule has 1 aromatic rings. The second-order valence-corrected chi connectivity index (χ2v) is 6.10. The molecular weight excluding hydrogens is 278 g/mol. The lowest BCUT2D eigenvalue weighted by Crippen LogP contribution is -2.37. The van der Waals surface area contributed by atoms with E-state index in [1.165, 1.54) is 0 Å². The Bertz CT molecular complexity index is 584. The first-order valence-electron chi connectivity index (χ1n) is 6.05. The van der Waals surface area contributed by atoms with Gasteiger partial charge in [0.1, 0.15) is 6.04 Å². The Balaban J connectivity index is 2.70. The smallest absolute Gasteiger partial charge is 0.242 e. The summed E-state index contributed by atoms with van der Waals surface area (Å²) in [6.45, 7) is 5.64. The van der Waals surface area contributed by atoms with Gasteiger partial charge in [0.15, 0.2) is 0 Å². The first-order valence-corrected chi connectivity index (χ1v) is 7.94. The Morgan fingerprint density at radius 1 is 1.40 bits per heavy atom. The molecule has 0 aliphatic carbocycles. The van der Waals surface area contributed by atoms with Crippen molar-refractivity contribution in [2.45, 2.75) is 13.0 Å². The van der Waals surface area contributed by atoms with E-state index < -0.39 is 16.1 Å². The number of sulfonamides is 1. The third-order valence-electron chi connectivity index (χ3n) is 2.36. The van der Waals surface area contributed by atoms with Gasteiger partial charge in [0, 0.05) is 12.2 Å².